The molecule has 1 aromatic carbocycles. The first-order chi connectivity index (χ1) is 10.4. The lowest BCUT2D eigenvalue weighted by atomic mass is 10.1. The first-order valence-electron chi connectivity index (χ1n) is 8.42. The summed E-state index contributed by atoms with van der Waals surface area (Å²) in [6, 6.07) is 10.7. The summed E-state index contributed by atoms with van der Waals surface area (Å²) < 4.78 is 0. The zero-order chi connectivity index (χ0) is 15.8. The molecular formula is C20H33N. The van der Waals surface area contributed by atoms with E-state index in [1.807, 2.05) is 13.8 Å². The average Bonchev–Trinajstić information content (AvgIpc) is 2.56. The van der Waals surface area contributed by atoms with Crippen molar-refractivity contribution in [3.05, 3.63) is 59.7 Å². The van der Waals surface area contributed by atoms with Gasteiger partial charge in [0.25, 0.3) is 0 Å². The minimum Gasteiger partial charge on any atom is -0.316 e. The lowest BCUT2D eigenvalue weighted by Crippen LogP contribution is -2.18. The van der Waals surface area contributed by atoms with Crippen molar-refractivity contribution < 1.29 is 0 Å². The SMILES string of the molecule is C/C=C\C=C(CC)CCCNCCc1ccccc1.CC. The molecule has 0 aliphatic heterocycles. The summed E-state index contributed by atoms with van der Waals surface area (Å²) >= 11 is 0. The van der Waals surface area contributed by atoms with E-state index in [2.05, 4.69) is 67.7 Å². The number of allylic oxidation sites excluding steroid dienone is 4. The number of rotatable bonds is 9. The fraction of sp³-hybridized carbons (Fsp3) is 0.500. The Balaban J connectivity index is 0.00000191. The van der Waals surface area contributed by atoms with Gasteiger partial charge in [-0.15, -0.1) is 0 Å². The Morgan fingerprint density at radius 3 is 2.43 bits per heavy atom. The van der Waals surface area contributed by atoms with Crippen LogP contribution in [0.2, 0.25) is 0 Å². The molecule has 1 heteroatoms. The fourth-order valence-corrected chi connectivity index (χ4v) is 2.05. The lowest BCUT2D eigenvalue weighted by molar-refractivity contribution is 0.641. The van der Waals surface area contributed by atoms with E-state index in [1.54, 1.807) is 5.57 Å². The Bertz CT molecular complexity index is 376. The van der Waals surface area contributed by atoms with Crippen LogP contribution in [0.25, 0.3) is 0 Å². The molecule has 0 saturated heterocycles. The Kier molecular flexibility index (Phi) is 14.1. The minimum absolute atomic E-state index is 1.07. The molecule has 118 valence electrons. The number of hydrogen-bond acceptors (Lipinski definition) is 1. The number of benzene rings is 1. The molecule has 0 heterocycles. The highest BCUT2D eigenvalue weighted by molar-refractivity contribution is 5.14. The van der Waals surface area contributed by atoms with E-state index in [1.165, 1.54) is 18.4 Å². The highest BCUT2D eigenvalue weighted by atomic mass is 14.8. The largest absolute Gasteiger partial charge is 0.316 e. The number of hydrogen-bond donors (Lipinski definition) is 1. The first-order valence-corrected chi connectivity index (χ1v) is 8.42. The second kappa shape index (κ2) is 15.1. The molecule has 0 aliphatic rings. The molecule has 21 heavy (non-hydrogen) atoms. The zero-order valence-corrected chi connectivity index (χ0v) is 14.4. The van der Waals surface area contributed by atoms with Gasteiger partial charge in [-0.3, -0.25) is 0 Å². The van der Waals surface area contributed by atoms with Crippen LogP contribution >= 0.6 is 0 Å². The van der Waals surface area contributed by atoms with Gasteiger partial charge in [-0.1, -0.05) is 74.9 Å². The molecule has 0 aliphatic carbocycles. The fourth-order valence-electron chi connectivity index (χ4n) is 2.05. The highest BCUT2D eigenvalue weighted by Crippen LogP contribution is 2.09. The van der Waals surface area contributed by atoms with Crippen LogP contribution in [-0.2, 0) is 6.42 Å². The van der Waals surface area contributed by atoms with E-state index in [-0.39, 0.29) is 0 Å². The highest BCUT2D eigenvalue weighted by Gasteiger charge is 1.95. The Morgan fingerprint density at radius 2 is 1.81 bits per heavy atom. The average molecular weight is 287 g/mol. The van der Waals surface area contributed by atoms with Crippen molar-refractivity contribution in [3.8, 4) is 0 Å². The van der Waals surface area contributed by atoms with Crippen LogP contribution < -0.4 is 5.32 Å². The van der Waals surface area contributed by atoms with Crippen molar-refractivity contribution >= 4 is 0 Å². The van der Waals surface area contributed by atoms with E-state index in [0.29, 0.717) is 0 Å². The predicted octanol–water partition coefficient (Wildman–Crippen LogP) is 5.54. The molecule has 0 bridgehead atoms. The minimum atomic E-state index is 1.07. The van der Waals surface area contributed by atoms with Crippen molar-refractivity contribution in [2.75, 3.05) is 13.1 Å². The van der Waals surface area contributed by atoms with Crippen molar-refractivity contribution in [1.82, 2.24) is 5.32 Å². The first kappa shape index (κ1) is 19.7. The summed E-state index contributed by atoms with van der Waals surface area (Å²) in [5.74, 6) is 0. The topological polar surface area (TPSA) is 12.0 Å². The maximum atomic E-state index is 3.52. The van der Waals surface area contributed by atoms with Crippen LogP contribution in [0.1, 0.15) is 52.5 Å². The van der Waals surface area contributed by atoms with E-state index < -0.39 is 0 Å². The molecule has 1 N–H and O–H groups in total. The van der Waals surface area contributed by atoms with Gasteiger partial charge >= 0.3 is 0 Å². The smallest absolute Gasteiger partial charge is 0.000835 e. The third-order valence-electron chi connectivity index (χ3n) is 3.26. The van der Waals surface area contributed by atoms with Crippen LogP contribution in [0.15, 0.2) is 54.1 Å². The molecular weight excluding hydrogens is 254 g/mol. The monoisotopic (exact) mass is 287 g/mol. The van der Waals surface area contributed by atoms with Gasteiger partial charge in [0.2, 0.25) is 0 Å². The number of nitrogens with one attached hydrogen (secondary N) is 1. The maximum Gasteiger partial charge on any atom is -0.000835 e. The van der Waals surface area contributed by atoms with E-state index in [4.69, 9.17) is 0 Å². The molecule has 0 atom stereocenters. The van der Waals surface area contributed by atoms with Crippen LogP contribution in [0.5, 0.6) is 0 Å². The summed E-state index contributed by atoms with van der Waals surface area (Å²) in [6.45, 7) is 10.5. The van der Waals surface area contributed by atoms with Gasteiger partial charge in [-0.05, 0) is 51.3 Å². The summed E-state index contributed by atoms with van der Waals surface area (Å²) in [6.07, 6.45) is 11.2. The van der Waals surface area contributed by atoms with E-state index in [0.717, 1.165) is 25.9 Å². The van der Waals surface area contributed by atoms with Crippen LogP contribution in [0.3, 0.4) is 0 Å². The van der Waals surface area contributed by atoms with Gasteiger partial charge in [0.05, 0.1) is 0 Å². The van der Waals surface area contributed by atoms with Crippen LogP contribution in [0.4, 0.5) is 0 Å². The molecule has 1 nitrogen and oxygen atoms in total. The summed E-state index contributed by atoms with van der Waals surface area (Å²) in [7, 11) is 0. The van der Waals surface area contributed by atoms with Crippen molar-refractivity contribution in [2.24, 2.45) is 0 Å². The van der Waals surface area contributed by atoms with Gasteiger partial charge in [0, 0.05) is 0 Å². The van der Waals surface area contributed by atoms with Crippen LogP contribution in [-0.4, -0.2) is 13.1 Å². The van der Waals surface area contributed by atoms with E-state index >= 15 is 0 Å². The normalized spacial score (nSPS) is 11.3. The van der Waals surface area contributed by atoms with Gasteiger partial charge in [-0.2, -0.15) is 0 Å². The Labute approximate surface area is 132 Å². The third kappa shape index (κ3) is 11.0. The molecule has 1 aromatic rings. The Hall–Kier alpha value is -1.34. The van der Waals surface area contributed by atoms with Gasteiger partial charge in [0.15, 0.2) is 0 Å². The molecule has 0 saturated carbocycles. The van der Waals surface area contributed by atoms with Crippen LogP contribution in [0, 0.1) is 0 Å². The van der Waals surface area contributed by atoms with Crippen molar-refractivity contribution in [3.63, 3.8) is 0 Å². The summed E-state index contributed by atoms with van der Waals surface area (Å²) in [5.41, 5.74) is 2.96. The molecule has 1 rings (SSSR count). The Morgan fingerprint density at radius 1 is 1.10 bits per heavy atom. The molecule has 0 amide bonds. The summed E-state index contributed by atoms with van der Waals surface area (Å²) in [4.78, 5) is 0. The molecule has 0 spiro atoms. The lowest BCUT2D eigenvalue weighted by Gasteiger charge is -2.06. The quantitative estimate of drug-likeness (QED) is 0.464. The molecule has 0 aromatic heterocycles. The van der Waals surface area contributed by atoms with Crippen molar-refractivity contribution in [2.45, 2.75) is 53.4 Å². The molecule has 0 fully saturated rings. The van der Waals surface area contributed by atoms with E-state index in [9.17, 15) is 0 Å². The van der Waals surface area contributed by atoms with Gasteiger partial charge in [-0.25, -0.2) is 0 Å². The molecule has 0 radical (unpaired) electrons. The zero-order valence-electron chi connectivity index (χ0n) is 14.4. The third-order valence-corrected chi connectivity index (χ3v) is 3.26. The van der Waals surface area contributed by atoms with Crippen molar-refractivity contribution in [1.29, 1.82) is 0 Å². The second-order valence-electron chi connectivity index (χ2n) is 4.79. The molecule has 0 unspecified atom stereocenters. The van der Waals surface area contributed by atoms with Gasteiger partial charge in [0.1, 0.15) is 0 Å². The summed E-state index contributed by atoms with van der Waals surface area (Å²) in [5, 5.41) is 3.52. The predicted molar refractivity (Wildman–Crippen MR) is 96.8 cm³/mol. The maximum absolute atomic E-state index is 3.52. The van der Waals surface area contributed by atoms with Gasteiger partial charge < -0.3 is 5.32 Å². The second-order valence-corrected chi connectivity index (χ2v) is 4.79. The standard InChI is InChI=1S/C18H27N.C2H6/c1-3-5-10-17(4-2)13-9-15-19-16-14-18-11-7-6-8-12-18;1-2/h3,5-8,10-12,19H,4,9,13-16H2,1-2H3;1-2H3/b5-3-,17-10?;.